The molecule has 0 N–H and O–H groups in total. The zero-order chi connectivity index (χ0) is 14.2. The predicted octanol–water partition coefficient (Wildman–Crippen LogP) is 3.09. The van der Waals surface area contributed by atoms with Crippen molar-refractivity contribution >= 4 is 10.0 Å². The van der Waals surface area contributed by atoms with Crippen molar-refractivity contribution in [3.05, 3.63) is 47.8 Å². The van der Waals surface area contributed by atoms with Gasteiger partial charge in [-0.15, -0.1) is 0 Å². The summed E-state index contributed by atoms with van der Waals surface area (Å²) in [5.74, 6) is 0.421. The molecule has 0 unspecified atom stereocenters. The van der Waals surface area contributed by atoms with Gasteiger partial charge >= 0.3 is 0 Å². The van der Waals surface area contributed by atoms with Crippen LogP contribution in [0, 0.1) is 6.92 Å². The van der Waals surface area contributed by atoms with Gasteiger partial charge in [-0.05, 0) is 38.0 Å². The van der Waals surface area contributed by atoms with Crippen molar-refractivity contribution in [2.45, 2.75) is 43.4 Å². The van der Waals surface area contributed by atoms with E-state index in [1.807, 2.05) is 13.0 Å². The molecule has 2 aromatic rings. The van der Waals surface area contributed by atoms with Gasteiger partial charge in [0.05, 0.1) is 10.6 Å². The molecule has 1 aliphatic rings. The number of rotatable bonds is 3. The molecule has 0 bridgehead atoms. The highest BCUT2D eigenvalue weighted by molar-refractivity contribution is 7.89. The van der Waals surface area contributed by atoms with Crippen LogP contribution >= 0.6 is 0 Å². The summed E-state index contributed by atoms with van der Waals surface area (Å²) in [7, 11) is -3.56. The lowest BCUT2D eigenvalue weighted by atomic mass is 10.1. The lowest BCUT2D eigenvalue weighted by Gasteiger charge is -2.06. The van der Waals surface area contributed by atoms with E-state index in [2.05, 4.69) is 5.10 Å². The Morgan fingerprint density at radius 1 is 1.10 bits per heavy atom. The Bertz CT molecular complexity index is 696. The first-order chi connectivity index (χ1) is 9.57. The molecule has 0 spiro atoms. The van der Waals surface area contributed by atoms with Crippen molar-refractivity contribution in [2.75, 3.05) is 0 Å². The summed E-state index contributed by atoms with van der Waals surface area (Å²) in [6.07, 6.45) is 6.20. The average molecular weight is 290 g/mol. The van der Waals surface area contributed by atoms with Gasteiger partial charge in [-0.2, -0.15) is 17.6 Å². The van der Waals surface area contributed by atoms with E-state index in [1.165, 1.54) is 12.8 Å². The van der Waals surface area contributed by atoms with Gasteiger partial charge in [0.1, 0.15) is 0 Å². The third-order valence-corrected chi connectivity index (χ3v) is 5.49. The van der Waals surface area contributed by atoms with Crippen LogP contribution in [0.25, 0.3) is 0 Å². The van der Waals surface area contributed by atoms with E-state index in [-0.39, 0.29) is 4.90 Å². The summed E-state index contributed by atoms with van der Waals surface area (Å²) < 4.78 is 26.1. The summed E-state index contributed by atoms with van der Waals surface area (Å²) in [5.41, 5.74) is 1.94. The molecule has 5 heteroatoms. The molecule has 106 valence electrons. The monoisotopic (exact) mass is 290 g/mol. The number of benzene rings is 1. The summed E-state index contributed by atoms with van der Waals surface area (Å²) in [6.45, 7) is 1.93. The highest BCUT2D eigenvalue weighted by atomic mass is 32.2. The van der Waals surface area contributed by atoms with E-state index in [4.69, 9.17) is 0 Å². The van der Waals surface area contributed by atoms with Crippen molar-refractivity contribution in [2.24, 2.45) is 0 Å². The number of nitrogens with zero attached hydrogens (tertiary/aromatic N) is 2. The second kappa shape index (κ2) is 5.05. The van der Waals surface area contributed by atoms with Crippen LogP contribution < -0.4 is 0 Å². The van der Waals surface area contributed by atoms with E-state index in [0.29, 0.717) is 5.92 Å². The standard InChI is InChI=1S/C15H18N2O2S/c1-12-6-8-14(9-7-12)20(18,19)17-11-10-15(16-17)13-4-2-3-5-13/h6-11,13H,2-5H2,1H3. The van der Waals surface area contributed by atoms with Crippen LogP contribution in [0.4, 0.5) is 0 Å². The Hall–Kier alpha value is -1.62. The highest BCUT2D eigenvalue weighted by Crippen LogP contribution is 2.33. The predicted molar refractivity (Wildman–Crippen MR) is 77.2 cm³/mol. The summed E-state index contributed by atoms with van der Waals surface area (Å²) in [6, 6.07) is 8.69. The minimum absolute atomic E-state index is 0.282. The molecule has 0 radical (unpaired) electrons. The van der Waals surface area contributed by atoms with Crippen molar-refractivity contribution in [3.63, 3.8) is 0 Å². The Morgan fingerprint density at radius 2 is 1.75 bits per heavy atom. The molecule has 4 nitrogen and oxygen atoms in total. The van der Waals surface area contributed by atoms with Crippen molar-refractivity contribution < 1.29 is 8.42 Å². The van der Waals surface area contributed by atoms with Gasteiger partial charge in [-0.1, -0.05) is 30.5 Å². The maximum absolute atomic E-state index is 12.5. The Morgan fingerprint density at radius 3 is 2.40 bits per heavy atom. The lowest BCUT2D eigenvalue weighted by Crippen LogP contribution is -2.14. The first-order valence-electron chi connectivity index (χ1n) is 6.95. The Labute approximate surface area is 119 Å². The van der Waals surface area contributed by atoms with E-state index in [9.17, 15) is 8.42 Å². The second-order valence-corrected chi connectivity index (χ2v) is 7.21. The Kier molecular flexibility index (Phi) is 3.38. The lowest BCUT2D eigenvalue weighted by molar-refractivity contribution is 0.577. The highest BCUT2D eigenvalue weighted by Gasteiger charge is 2.23. The van der Waals surface area contributed by atoms with Gasteiger partial charge in [0.25, 0.3) is 10.0 Å². The molecule has 1 saturated carbocycles. The molecule has 20 heavy (non-hydrogen) atoms. The molecule has 3 rings (SSSR count). The van der Waals surface area contributed by atoms with Gasteiger partial charge in [-0.3, -0.25) is 0 Å². The topological polar surface area (TPSA) is 52.0 Å². The smallest absolute Gasteiger partial charge is 0.199 e. The van der Waals surface area contributed by atoms with Gasteiger partial charge in [0.15, 0.2) is 0 Å². The zero-order valence-corrected chi connectivity index (χ0v) is 12.3. The Balaban J connectivity index is 1.93. The van der Waals surface area contributed by atoms with Crippen molar-refractivity contribution in [3.8, 4) is 0 Å². The largest absolute Gasteiger partial charge is 0.282 e. The summed E-state index contributed by atoms with van der Waals surface area (Å²) in [5, 5.41) is 4.29. The van der Waals surface area contributed by atoms with Gasteiger partial charge in [0, 0.05) is 12.1 Å². The average Bonchev–Trinajstić information content (AvgIpc) is 3.10. The number of hydrogen-bond acceptors (Lipinski definition) is 3. The minimum atomic E-state index is -3.56. The molecule has 0 amide bonds. The van der Waals surface area contributed by atoms with Crippen LogP contribution in [0.1, 0.15) is 42.9 Å². The first-order valence-corrected chi connectivity index (χ1v) is 8.39. The van der Waals surface area contributed by atoms with Crippen LogP contribution in [0.15, 0.2) is 41.4 Å². The number of hydrogen-bond donors (Lipinski definition) is 0. The number of aryl methyl sites for hydroxylation is 1. The van der Waals surface area contributed by atoms with E-state index < -0.39 is 10.0 Å². The number of aromatic nitrogens is 2. The van der Waals surface area contributed by atoms with Crippen LogP contribution in [-0.2, 0) is 10.0 Å². The van der Waals surface area contributed by atoms with Crippen LogP contribution in [0.2, 0.25) is 0 Å². The molecule has 1 fully saturated rings. The fraction of sp³-hybridized carbons (Fsp3) is 0.400. The molecule has 0 aliphatic heterocycles. The van der Waals surface area contributed by atoms with Gasteiger partial charge in [0.2, 0.25) is 0 Å². The maximum Gasteiger partial charge on any atom is 0.282 e. The quantitative estimate of drug-likeness (QED) is 0.873. The SMILES string of the molecule is Cc1ccc(S(=O)(=O)n2ccc(C3CCCC3)n2)cc1. The van der Waals surface area contributed by atoms with E-state index in [0.717, 1.165) is 28.2 Å². The van der Waals surface area contributed by atoms with E-state index >= 15 is 0 Å². The third-order valence-electron chi connectivity index (χ3n) is 3.93. The van der Waals surface area contributed by atoms with E-state index in [1.54, 1.807) is 30.5 Å². The first kappa shape index (κ1) is 13.4. The molecule has 1 aliphatic carbocycles. The summed E-state index contributed by atoms with van der Waals surface area (Å²) >= 11 is 0. The maximum atomic E-state index is 12.5. The normalized spacial score (nSPS) is 16.6. The molecule has 1 aromatic carbocycles. The molecule has 0 atom stereocenters. The van der Waals surface area contributed by atoms with Crippen molar-refractivity contribution in [1.82, 2.24) is 9.19 Å². The third kappa shape index (κ3) is 2.38. The molecular formula is C15H18N2O2S. The minimum Gasteiger partial charge on any atom is -0.199 e. The molecule has 1 aromatic heterocycles. The summed E-state index contributed by atoms with van der Waals surface area (Å²) in [4.78, 5) is 0.282. The van der Waals surface area contributed by atoms with Crippen LogP contribution in [0.3, 0.4) is 0 Å². The van der Waals surface area contributed by atoms with Crippen LogP contribution in [-0.4, -0.2) is 17.6 Å². The van der Waals surface area contributed by atoms with Crippen molar-refractivity contribution in [1.29, 1.82) is 0 Å². The fourth-order valence-corrected chi connectivity index (χ4v) is 3.83. The van der Waals surface area contributed by atoms with Crippen LogP contribution in [0.5, 0.6) is 0 Å². The van der Waals surface area contributed by atoms with Gasteiger partial charge < -0.3 is 0 Å². The molecule has 1 heterocycles. The molecule has 0 saturated heterocycles. The zero-order valence-electron chi connectivity index (χ0n) is 11.5. The molecular weight excluding hydrogens is 272 g/mol. The fourth-order valence-electron chi connectivity index (χ4n) is 2.71. The van der Waals surface area contributed by atoms with Gasteiger partial charge in [-0.25, -0.2) is 0 Å². The second-order valence-electron chi connectivity index (χ2n) is 5.41.